The van der Waals surface area contributed by atoms with Gasteiger partial charge in [0.2, 0.25) is 11.8 Å². The molecule has 148 valence electrons. The highest BCUT2D eigenvalue weighted by Crippen LogP contribution is 2.52. The minimum absolute atomic E-state index is 0.00280. The molecule has 28 heavy (non-hydrogen) atoms. The van der Waals surface area contributed by atoms with Crippen molar-refractivity contribution in [2.24, 2.45) is 11.8 Å². The van der Waals surface area contributed by atoms with Crippen LogP contribution in [0.1, 0.15) is 30.9 Å². The van der Waals surface area contributed by atoms with E-state index in [1.807, 2.05) is 30.9 Å². The highest BCUT2D eigenvalue weighted by molar-refractivity contribution is 5.93. The maximum absolute atomic E-state index is 13.5. The van der Waals surface area contributed by atoms with Gasteiger partial charge in [-0.1, -0.05) is 12.2 Å². The molecule has 0 radical (unpaired) electrons. The minimum Gasteiger partial charge on any atom is -0.360 e. The topological polar surface area (TPSA) is 95.6 Å². The second-order valence-electron chi connectivity index (χ2n) is 8.55. The molecule has 2 amide bonds. The largest absolute Gasteiger partial charge is 0.360 e. The average Bonchev–Trinajstić information content (AvgIpc) is 3.28. The summed E-state index contributed by atoms with van der Waals surface area (Å²) in [5.41, 5.74) is 0.500. The van der Waals surface area contributed by atoms with Crippen LogP contribution in [0.25, 0.3) is 0 Å². The van der Waals surface area contributed by atoms with Gasteiger partial charge >= 0.3 is 0 Å². The third-order valence-corrected chi connectivity index (χ3v) is 6.54. The number of H-pyrrole nitrogens is 1. The fourth-order valence-electron chi connectivity index (χ4n) is 5.21. The van der Waals surface area contributed by atoms with Crippen molar-refractivity contribution in [1.29, 1.82) is 0 Å². The van der Waals surface area contributed by atoms with Gasteiger partial charge in [-0.3, -0.25) is 14.4 Å². The Morgan fingerprint density at radius 3 is 2.93 bits per heavy atom. The number of aromatic amines is 1. The molecule has 2 bridgehead atoms. The van der Waals surface area contributed by atoms with Crippen LogP contribution in [0.4, 0.5) is 0 Å². The van der Waals surface area contributed by atoms with Crippen molar-refractivity contribution in [3.8, 4) is 0 Å². The predicted molar refractivity (Wildman–Crippen MR) is 99.3 cm³/mol. The first-order valence-electron chi connectivity index (χ1n) is 9.86. The monoisotopic (exact) mass is 384 g/mol. The van der Waals surface area contributed by atoms with Crippen LogP contribution in [0.3, 0.4) is 0 Å². The quantitative estimate of drug-likeness (QED) is 0.733. The Labute approximate surface area is 162 Å². The molecule has 0 unspecified atom stereocenters. The second kappa shape index (κ2) is 5.76. The lowest BCUT2D eigenvalue weighted by atomic mass is 9.76. The van der Waals surface area contributed by atoms with Gasteiger partial charge < -0.3 is 19.5 Å². The van der Waals surface area contributed by atoms with Crippen LogP contribution < -0.4 is 5.56 Å². The molecule has 0 aromatic carbocycles. The molecule has 1 spiro atoms. The van der Waals surface area contributed by atoms with E-state index in [-0.39, 0.29) is 29.5 Å². The normalized spacial score (nSPS) is 33.0. The van der Waals surface area contributed by atoms with Gasteiger partial charge in [-0.15, -0.1) is 0 Å². The van der Waals surface area contributed by atoms with Crippen LogP contribution in [0, 0.1) is 18.8 Å². The molecule has 1 aromatic heterocycles. The Balaban J connectivity index is 1.44. The number of carbonyl (C=O) groups is 2. The first-order chi connectivity index (χ1) is 13.3. The SMILES string of the molecule is Cc1nc2c(c(=O)[nH]1)CCN(C(=O)[C@@H]1[C@H]3C(=O)N(C(C)C)C[C@@]34C=C[C@H]1O4)C2. The lowest BCUT2D eigenvalue weighted by molar-refractivity contribution is -0.144. The summed E-state index contributed by atoms with van der Waals surface area (Å²) < 4.78 is 6.18. The number of rotatable bonds is 2. The number of nitrogens with one attached hydrogen (secondary N) is 1. The number of aromatic nitrogens is 2. The summed E-state index contributed by atoms with van der Waals surface area (Å²) >= 11 is 0. The van der Waals surface area contributed by atoms with Crippen molar-refractivity contribution in [3.05, 3.63) is 39.6 Å². The molecule has 2 saturated heterocycles. The first-order valence-corrected chi connectivity index (χ1v) is 9.86. The lowest BCUT2D eigenvalue weighted by Crippen LogP contribution is -2.48. The smallest absolute Gasteiger partial charge is 0.254 e. The molecule has 4 aliphatic rings. The molecule has 0 aliphatic carbocycles. The van der Waals surface area contributed by atoms with Crippen molar-refractivity contribution in [2.45, 2.75) is 51.5 Å². The van der Waals surface area contributed by atoms with Crippen molar-refractivity contribution >= 4 is 11.8 Å². The summed E-state index contributed by atoms with van der Waals surface area (Å²) in [5, 5.41) is 0. The third kappa shape index (κ3) is 2.27. The van der Waals surface area contributed by atoms with Crippen molar-refractivity contribution in [3.63, 3.8) is 0 Å². The van der Waals surface area contributed by atoms with Crippen LogP contribution in [0.15, 0.2) is 16.9 Å². The Kier molecular flexibility index (Phi) is 3.62. The van der Waals surface area contributed by atoms with Crippen LogP contribution in [-0.4, -0.2) is 62.4 Å². The van der Waals surface area contributed by atoms with Crippen LogP contribution in [-0.2, 0) is 27.3 Å². The molecule has 5 rings (SSSR count). The van der Waals surface area contributed by atoms with Crippen LogP contribution >= 0.6 is 0 Å². The van der Waals surface area contributed by atoms with E-state index in [1.165, 1.54) is 0 Å². The van der Waals surface area contributed by atoms with Gasteiger partial charge in [0.1, 0.15) is 11.4 Å². The fourth-order valence-corrected chi connectivity index (χ4v) is 5.21. The summed E-state index contributed by atoms with van der Waals surface area (Å²) in [6, 6.07) is 0.0695. The standard InChI is InChI=1S/C20H24N4O4/c1-10(2)24-9-20-6-4-14(28-20)15(16(20)19(24)27)18(26)23-7-5-12-13(8-23)21-11(3)22-17(12)25/h4,6,10,14-16H,5,7-9H2,1-3H3,(H,21,22,25)/t14-,15+,16+,20+/m1/s1. The van der Waals surface area contributed by atoms with Gasteiger partial charge in [-0.2, -0.15) is 0 Å². The molecule has 4 atom stereocenters. The van der Waals surface area contributed by atoms with E-state index in [9.17, 15) is 14.4 Å². The van der Waals surface area contributed by atoms with E-state index >= 15 is 0 Å². The molecule has 8 nitrogen and oxygen atoms in total. The van der Waals surface area contributed by atoms with Crippen molar-refractivity contribution < 1.29 is 14.3 Å². The van der Waals surface area contributed by atoms with Gasteiger partial charge in [0, 0.05) is 18.2 Å². The highest BCUT2D eigenvalue weighted by Gasteiger charge is 2.67. The maximum atomic E-state index is 13.5. The Morgan fingerprint density at radius 1 is 1.39 bits per heavy atom. The number of ether oxygens (including phenoxy) is 1. The van der Waals surface area contributed by atoms with Crippen LogP contribution in [0.5, 0.6) is 0 Å². The number of fused-ring (bicyclic) bond motifs is 2. The van der Waals surface area contributed by atoms with E-state index in [0.29, 0.717) is 43.1 Å². The zero-order chi connectivity index (χ0) is 19.8. The molecule has 1 N–H and O–H groups in total. The number of likely N-dealkylation sites (tertiary alicyclic amines) is 1. The summed E-state index contributed by atoms with van der Waals surface area (Å²) in [6.45, 7) is 6.95. The maximum Gasteiger partial charge on any atom is 0.254 e. The van der Waals surface area contributed by atoms with E-state index < -0.39 is 17.4 Å². The Bertz CT molecular complexity index is 967. The molecular formula is C20H24N4O4. The van der Waals surface area contributed by atoms with Crippen molar-refractivity contribution in [1.82, 2.24) is 19.8 Å². The summed E-state index contributed by atoms with van der Waals surface area (Å²) in [6.07, 6.45) is 4.02. The predicted octanol–water partition coefficient (Wildman–Crippen LogP) is 0.153. The Morgan fingerprint density at radius 2 is 2.18 bits per heavy atom. The molecule has 0 saturated carbocycles. The zero-order valence-electron chi connectivity index (χ0n) is 16.3. The molecule has 4 aliphatic heterocycles. The first kappa shape index (κ1) is 17.6. The van der Waals surface area contributed by atoms with Gasteiger partial charge in [0.15, 0.2) is 0 Å². The van der Waals surface area contributed by atoms with E-state index in [0.717, 1.165) is 0 Å². The summed E-state index contributed by atoms with van der Waals surface area (Å²) in [5.74, 6) is -0.506. The fraction of sp³-hybridized carbons (Fsp3) is 0.600. The molecule has 1 aromatic rings. The molecule has 2 fully saturated rings. The zero-order valence-corrected chi connectivity index (χ0v) is 16.3. The van der Waals surface area contributed by atoms with E-state index in [4.69, 9.17) is 4.74 Å². The number of carbonyl (C=O) groups excluding carboxylic acids is 2. The molecule has 8 heteroatoms. The van der Waals surface area contributed by atoms with Crippen LogP contribution in [0.2, 0.25) is 0 Å². The third-order valence-electron chi connectivity index (χ3n) is 6.54. The molecular weight excluding hydrogens is 360 g/mol. The minimum atomic E-state index is -0.675. The van der Waals surface area contributed by atoms with Gasteiger partial charge in [-0.25, -0.2) is 4.98 Å². The number of hydrogen-bond donors (Lipinski definition) is 1. The average molecular weight is 384 g/mol. The number of hydrogen-bond acceptors (Lipinski definition) is 5. The number of aryl methyl sites for hydroxylation is 1. The van der Waals surface area contributed by atoms with Gasteiger partial charge in [0.05, 0.1) is 36.7 Å². The number of nitrogens with zero attached hydrogens (tertiary/aromatic N) is 3. The lowest BCUT2D eigenvalue weighted by Gasteiger charge is -2.33. The number of amides is 2. The van der Waals surface area contributed by atoms with Crippen molar-refractivity contribution in [2.75, 3.05) is 13.1 Å². The summed E-state index contributed by atoms with van der Waals surface area (Å²) in [7, 11) is 0. The van der Waals surface area contributed by atoms with Gasteiger partial charge in [-0.05, 0) is 27.2 Å². The van der Waals surface area contributed by atoms with E-state index in [2.05, 4.69) is 9.97 Å². The second-order valence-corrected chi connectivity index (χ2v) is 8.55. The van der Waals surface area contributed by atoms with Gasteiger partial charge in [0.25, 0.3) is 5.56 Å². The Hall–Kier alpha value is -2.48. The molecule has 5 heterocycles. The summed E-state index contributed by atoms with van der Waals surface area (Å²) in [4.78, 5) is 49.4. The highest BCUT2D eigenvalue weighted by atomic mass is 16.5. The van der Waals surface area contributed by atoms with E-state index in [1.54, 1.807) is 11.8 Å².